The van der Waals surface area contributed by atoms with Crippen molar-refractivity contribution >= 4 is 41.2 Å². The third-order valence-corrected chi connectivity index (χ3v) is 6.34. The minimum Gasteiger partial charge on any atom is -0.478 e. The lowest BCUT2D eigenvalue weighted by Crippen LogP contribution is -2.71. The van der Waals surface area contributed by atoms with Gasteiger partial charge in [-0.15, -0.1) is 11.8 Å². The number of carbonyl (C=O) groups is 4. The number of hydrogen-bond acceptors (Lipinski definition) is 8. The van der Waals surface area contributed by atoms with Gasteiger partial charge in [0.2, 0.25) is 5.60 Å². The van der Waals surface area contributed by atoms with Gasteiger partial charge in [-0.25, -0.2) is 9.59 Å². The van der Waals surface area contributed by atoms with Gasteiger partial charge in [0.1, 0.15) is 17.1 Å². The SMILES string of the molecule is CC(C)(ON=C(C(=O)N[C@@H]1C(=O)N2C(C(=O)O)=C(CN=[N+]=[N-])CS[C@H]12)c1ccccc1)C(=O)O. The maximum absolute atomic E-state index is 13.0. The van der Waals surface area contributed by atoms with Crippen LogP contribution >= 0.6 is 11.8 Å². The average Bonchev–Trinajstić information content (AvgIpc) is 2.80. The largest absolute Gasteiger partial charge is 0.478 e. The fraction of sp³-hybridized carbons (Fsp3) is 0.350. The van der Waals surface area contributed by atoms with Crippen molar-refractivity contribution < 1.29 is 34.2 Å². The molecule has 2 atom stereocenters. The van der Waals surface area contributed by atoms with Crippen LogP contribution in [0.4, 0.5) is 0 Å². The number of thioether (sulfide) groups is 1. The summed E-state index contributed by atoms with van der Waals surface area (Å²) in [5.41, 5.74) is 6.90. The van der Waals surface area contributed by atoms with Crippen molar-refractivity contribution in [3.63, 3.8) is 0 Å². The van der Waals surface area contributed by atoms with Gasteiger partial charge in [-0.3, -0.25) is 14.5 Å². The second-order valence-corrected chi connectivity index (χ2v) is 8.82. The van der Waals surface area contributed by atoms with Crippen molar-refractivity contribution in [2.45, 2.75) is 30.9 Å². The Morgan fingerprint density at radius 2 is 1.97 bits per heavy atom. The highest BCUT2D eigenvalue weighted by Crippen LogP contribution is 2.40. The van der Waals surface area contributed by atoms with Crippen molar-refractivity contribution in [2.75, 3.05) is 12.3 Å². The summed E-state index contributed by atoms with van der Waals surface area (Å²) in [5, 5.41) is 27.8. The lowest BCUT2D eigenvalue weighted by molar-refractivity contribution is -0.161. The zero-order valence-electron chi connectivity index (χ0n) is 18.0. The molecule has 0 spiro atoms. The molecule has 3 N–H and O–H groups in total. The molecule has 0 aromatic heterocycles. The molecule has 2 aliphatic heterocycles. The quantitative estimate of drug-likeness (QED) is 0.116. The minimum absolute atomic E-state index is 0.191. The van der Waals surface area contributed by atoms with Crippen molar-refractivity contribution in [3.8, 4) is 0 Å². The summed E-state index contributed by atoms with van der Waals surface area (Å²) < 4.78 is 0. The normalized spacial score (nSPS) is 20.0. The van der Waals surface area contributed by atoms with E-state index in [0.29, 0.717) is 11.1 Å². The first-order valence-corrected chi connectivity index (χ1v) is 10.9. The van der Waals surface area contributed by atoms with E-state index < -0.39 is 40.8 Å². The third-order valence-electron chi connectivity index (χ3n) is 5.00. The van der Waals surface area contributed by atoms with Crippen LogP contribution in [0.3, 0.4) is 0 Å². The molecule has 1 saturated heterocycles. The highest BCUT2D eigenvalue weighted by molar-refractivity contribution is 8.00. The van der Waals surface area contributed by atoms with E-state index in [2.05, 4.69) is 20.5 Å². The molecule has 0 bridgehead atoms. The number of carboxylic acid groups (broad SMARTS) is 2. The summed E-state index contributed by atoms with van der Waals surface area (Å²) in [7, 11) is 0. The van der Waals surface area contributed by atoms with Crippen LogP contribution in [0.5, 0.6) is 0 Å². The molecular weight excluding hydrogens is 468 g/mol. The van der Waals surface area contributed by atoms with Gasteiger partial charge in [0.05, 0.1) is 6.54 Å². The second kappa shape index (κ2) is 9.85. The summed E-state index contributed by atoms with van der Waals surface area (Å²) in [6.07, 6.45) is 0. The standard InChI is InChI=1S/C20H20N6O7S/c1-20(2,19(31)32)33-24-12(10-6-4-3-5-7-10)15(27)23-13-16(28)26-14(18(29)30)11(8-22-25-21)9-34-17(13)26/h3-7,13,17H,8-9H2,1-2H3,(H,23,27)(H,29,30)(H,31,32)/t13-,17-/m1/s1. The molecule has 1 aromatic rings. The van der Waals surface area contributed by atoms with Crippen molar-refractivity contribution in [2.24, 2.45) is 10.3 Å². The molecule has 0 unspecified atom stereocenters. The number of benzene rings is 1. The number of nitrogens with zero attached hydrogens (tertiary/aromatic N) is 5. The number of hydrogen-bond donors (Lipinski definition) is 3. The Bertz CT molecular complexity index is 1140. The van der Waals surface area contributed by atoms with Gasteiger partial charge < -0.3 is 20.4 Å². The van der Waals surface area contributed by atoms with Crippen LogP contribution < -0.4 is 5.32 Å². The van der Waals surface area contributed by atoms with E-state index in [0.717, 1.165) is 4.90 Å². The summed E-state index contributed by atoms with van der Waals surface area (Å²) in [5.74, 6) is -3.90. The van der Waals surface area contributed by atoms with E-state index in [1.807, 2.05) is 0 Å². The Morgan fingerprint density at radius 3 is 2.56 bits per heavy atom. The highest BCUT2D eigenvalue weighted by atomic mass is 32.2. The third kappa shape index (κ3) is 4.82. The molecule has 2 aliphatic rings. The summed E-state index contributed by atoms with van der Waals surface area (Å²) >= 11 is 1.21. The number of carbonyl (C=O) groups excluding carboxylic acids is 2. The molecular formula is C20H20N6O7S. The lowest BCUT2D eigenvalue weighted by Gasteiger charge is -2.49. The Morgan fingerprint density at radius 1 is 1.29 bits per heavy atom. The Labute approximate surface area is 197 Å². The van der Waals surface area contributed by atoms with Crippen LogP contribution in [0.25, 0.3) is 10.4 Å². The number of oxime groups is 1. The number of fused-ring (bicyclic) bond motifs is 1. The van der Waals surface area contributed by atoms with Crippen LogP contribution in [0.1, 0.15) is 19.4 Å². The molecule has 14 heteroatoms. The van der Waals surface area contributed by atoms with Crippen LogP contribution in [0.2, 0.25) is 0 Å². The zero-order valence-corrected chi connectivity index (χ0v) is 18.9. The number of β-lactam (4-membered cyclic amide) rings is 1. The van der Waals surface area contributed by atoms with Gasteiger partial charge in [-0.2, -0.15) is 0 Å². The number of carboxylic acids is 2. The van der Waals surface area contributed by atoms with Gasteiger partial charge >= 0.3 is 11.9 Å². The molecule has 13 nitrogen and oxygen atoms in total. The minimum atomic E-state index is -1.72. The van der Waals surface area contributed by atoms with E-state index in [4.69, 9.17) is 10.4 Å². The predicted molar refractivity (Wildman–Crippen MR) is 119 cm³/mol. The molecule has 2 heterocycles. The highest BCUT2D eigenvalue weighted by Gasteiger charge is 2.54. The molecule has 0 radical (unpaired) electrons. The number of azide groups is 1. The van der Waals surface area contributed by atoms with Gasteiger partial charge in [-0.05, 0) is 25.0 Å². The number of amides is 2. The molecule has 0 aliphatic carbocycles. The van der Waals surface area contributed by atoms with Crippen LogP contribution in [-0.4, -0.2) is 73.9 Å². The molecule has 178 valence electrons. The van der Waals surface area contributed by atoms with Crippen LogP contribution in [0, 0.1) is 0 Å². The average molecular weight is 488 g/mol. The predicted octanol–water partition coefficient (Wildman–Crippen LogP) is 1.32. The van der Waals surface area contributed by atoms with E-state index in [9.17, 15) is 29.4 Å². The fourth-order valence-corrected chi connectivity index (χ4v) is 4.49. The van der Waals surface area contributed by atoms with Gasteiger partial charge in [0.15, 0.2) is 5.71 Å². The van der Waals surface area contributed by atoms with Crippen molar-refractivity contribution in [1.29, 1.82) is 0 Å². The van der Waals surface area contributed by atoms with Crippen LogP contribution in [0.15, 0.2) is 51.9 Å². The van der Waals surface area contributed by atoms with Crippen molar-refractivity contribution in [3.05, 3.63) is 57.6 Å². The monoisotopic (exact) mass is 488 g/mol. The van der Waals surface area contributed by atoms with Gasteiger partial charge in [0.25, 0.3) is 11.8 Å². The summed E-state index contributed by atoms with van der Waals surface area (Å²) in [4.78, 5) is 57.7. The van der Waals surface area contributed by atoms with Crippen molar-refractivity contribution in [1.82, 2.24) is 10.2 Å². The Hall–Kier alpha value is -4.03. The molecule has 1 fully saturated rings. The summed E-state index contributed by atoms with van der Waals surface area (Å²) in [6, 6.07) is 7.07. The number of nitrogens with one attached hydrogen (secondary N) is 1. The first-order chi connectivity index (χ1) is 16.1. The zero-order chi connectivity index (χ0) is 25.0. The molecule has 2 amide bonds. The molecule has 34 heavy (non-hydrogen) atoms. The fourth-order valence-electron chi connectivity index (χ4n) is 3.15. The van der Waals surface area contributed by atoms with E-state index in [1.54, 1.807) is 30.3 Å². The number of rotatable bonds is 9. The van der Waals surface area contributed by atoms with E-state index in [1.165, 1.54) is 25.6 Å². The van der Waals surface area contributed by atoms with E-state index in [-0.39, 0.29) is 23.7 Å². The first-order valence-electron chi connectivity index (χ1n) is 9.85. The van der Waals surface area contributed by atoms with E-state index >= 15 is 0 Å². The summed E-state index contributed by atoms with van der Waals surface area (Å²) in [6.45, 7) is 2.33. The van der Waals surface area contributed by atoms with Crippen LogP contribution in [-0.2, 0) is 24.0 Å². The van der Waals surface area contributed by atoms with Gasteiger partial charge in [0, 0.05) is 16.2 Å². The smallest absolute Gasteiger partial charge is 0.352 e. The molecule has 0 saturated carbocycles. The topological polar surface area (TPSA) is 194 Å². The Balaban J connectivity index is 1.84. The molecule has 1 aromatic carbocycles. The first kappa shape index (κ1) is 24.6. The molecule has 3 rings (SSSR count). The van der Waals surface area contributed by atoms with Gasteiger partial charge in [-0.1, -0.05) is 40.6 Å². The second-order valence-electron chi connectivity index (χ2n) is 7.72. The lowest BCUT2D eigenvalue weighted by atomic mass is 10.0. The number of aliphatic carboxylic acids is 2. The maximum Gasteiger partial charge on any atom is 0.352 e. The Kier molecular flexibility index (Phi) is 7.13. The maximum atomic E-state index is 13.0.